The van der Waals surface area contributed by atoms with Gasteiger partial charge in [0.15, 0.2) is 8.92 Å². The highest BCUT2D eigenvalue weighted by Crippen LogP contribution is 2.29. The fraction of sp³-hybridized carbons (Fsp3) is 0. The maximum Gasteiger partial charge on any atom is 0.235 e. The Labute approximate surface area is 129 Å². The van der Waals surface area contributed by atoms with E-state index in [9.17, 15) is 0 Å². The zero-order valence-electron chi connectivity index (χ0n) is 9.76. The molecule has 9 heteroatoms. The lowest BCUT2D eigenvalue weighted by molar-refractivity contribution is 0.959. The number of rotatable bonds is 2. The van der Waals surface area contributed by atoms with Crippen LogP contribution >= 0.6 is 38.6 Å². The van der Waals surface area contributed by atoms with Gasteiger partial charge >= 0.3 is 0 Å². The molecule has 0 saturated heterocycles. The summed E-state index contributed by atoms with van der Waals surface area (Å²) in [5.41, 5.74) is 1.58. The fourth-order valence-corrected chi connectivity index (χ4v) is 3.60. The van der Waals surface area contributed by atoms with E-state index in [0.29, 0.717) is 5.82 Å². The number of hydrogen-bond acceptors (Lipinski definition) is 7. The van der Waals surface area contributed by atoms with Gasteiger partial charge in [-0.2, -0.15) is 9.61 Å². The van der Waals surface area contributed by atoms with Crippen LogP contribution in [0.1, 0.15) is 0 Å². The van der Waals surface area contributed by atoms with Crippen LogP contribution in [0.25, 0.3) is 27.2 Å². The number of aromatic nitrogens is 6. The van der Waals surface area contributed by atoms with Crippen LogP contribution in [-0.2, 0) is 0 Å². The Balaban J connectivity index is 1.87. The van der Waals surface area contributed by atoms with Crippen molar-refractivity contribution < 1.29 is 0 Å². The van der Waals surface area contributed by atoms with Gasteiger partial charge in [-0.1, -0.05) is 17.4 Å². The second-order valence-electron chi connectivity index (χ2n) is 3.83. The van der Waals surface area contributed by atoms with Gasteiger partial charge in [0.05, 0.1) is 0 Å². The average molecular weight is 365 g/mol. The smallest absolute Gasteiger partial charge is 0.235 e. The zero-order chi connectivity index (χ0) is 13.5. The lowest BCUT2D eigenvalue weighted by atomic mass is 10.3. The standard InChI is InChI=1S/C11H5BrN6S2/c12-10-14-7(5-19-10)9-17-18-8(15-16-11(18)20-9)6-3-1-2-4-13-6/h1-5H. The molecule has 20 heavy (non-hydrogen) atoms. The number of hydrogen-bond donors (Lipinski definition) is 0. The predicted octanol–water partition coefficient (Wildman–Crippen LogP) is 3.13. The zero-order valence-corrected chi connectivity index (χ0v) is 13.0. The molecule has 4 rings (SSSR count). The molecule has 0 amide bonds. The van der Waals surface area contributed by atoms with Crippen LogP contribution in [0.15, 0.2) is 33.7 Å². The molecule has 0 aliphatic rings. The monoisotopic (exact) mass is 364 g/mol. The van der Waals surface area contributed by atoms with Crippen molar-refractivity contribution in [3.05, 3.63) is 33.7 Å². The van der Waals surface area contributed by atoms with Crippen LogP contribution in [0, 0.1) is 0 Å². The van der Waals surface area contributed by atoms with Gasteiger partial charge in [0.1, 0.15) is 11.4 Å². The summed E-state index contributed by atoms with van der Waals surface area (Å²) < 4.78 is 2.54. The minimum Gasteiger partial charge on any atom is -0.253 e. The summed E-state index contributed by atoms with van der Waals surface area (Å²) in [7, 11) is 0. The van der Waals surface area contributed by atoms with Gasteiger partial charge in [0, 0.05) is 11.6 Å². The molecule has 0 saturated carbocycles. The van der Waals surface area contributed by atoms with Gasteiger partial charge in [0.25, 0.3) is 0 Å². The third-order valence-corrected chi connectivity index (χ3v) is 4.87. The summed E-state index contributed by atoms with van der Waals surface area (Å²) in [6.07, 6.45) is 1.72. The Hall–Kier alpha value is -1.71. The van der Waals surface area contributed by atoms with Crippen molar-refractivity contribution in [1.29, 1.82) is 0 Å². The maximum atomic E-state index is 4.53. The molecule has 0 atom stereocenters. The first-order chi connectivity index (χ1) is 9.81. The lowest BCUT2D eigenvalue weighted by Gasteiger charge is -1.93. The highest BCUT2D eigenvalue weighted by Gasteiger charge is 2.16. The van der Waals surface area contributed by atoms with E-state index in [4.69, 9.17) is 0 Å². The molecule has 4 aromatic rings. The number of pyridine rings is 1. The topological polar surface area (TPSA) is 68.9 Å². The molecular formula is C11H5BrN6S2. The molecule has 98 valence electrons. The summed E-state index contributed by atoms with van der Waals surface area (Å²) in [6.45, 7) is 0. The molecular weight excluding hydrogens is 360 g/mol. The average Bonchev–Trinajstić information content (AvgIpc) is 3.13. The summed E-state index contributed by atoms with van der Waals surface area (Å²) in [4.78, 5) is 9.37. The number of thiazole rings is 1. The molecule has 4 aromatic heterocycles. The summed E-state index contributed by atoms with van der Waals surface area (Å²) in [6, 6.07) is 5.66. The largest absolute Gasteiger partial charge is 0.253 e. The van der Waals surface area contributed by atoms with Crippen LogP contribution in [0.3, 0.4) is 0 Å². The Bertz CT molecular complexity index is 881. The minimum absolute atomic E-state index is 0.636. The van der Waals surface area contributed by atoms with E-state index in [1.807, 2.05) is 23.6 Å². The van der Waals surface area contributed by atoms with Crippen LogP contribution in [0.4, 0.5) is 0 Å². The second-order valence-corrected chi connectivity index (χ2v) is 6.92. The van der Waals surface area contributed by atoms with Crippen LogP contribution in [-0.4, -0.2) is 29.8 Å². The SMILES string of the molecule is Brc1nc(-c2nn3c(-c4ccccn4)nnc3s2)cs1. The molecule has 0 aliphatic carbocycles. The second kappa shape index (κ2) is 4.69. The third-order valence-electron chi connectivity index (χ3n) is 2.58. The Morgan fingerprint density at radius 2 is 2.10 bits per heavy atom. The normalized spacial score (nSPS) is 11.2. The van der Waals surface area contributed by atoms with Crippen LogP contribution in [0.2, 0.25) is 0 Å². The Morgan fingerprint density at radius 1 is 1.15 bits per heavy atom. The first-order valence-electron chi connectivity index (χ1n) is 5.56. The van der Waals surface area contributed by atoms with E-state index in [1.54, 1.807) is 10.7 Å². The third kappa shape index (κ3) is 1.94. The molecule has 0 aromatic carbocycles. The van der Waals surface area contributed by atoms with Gasteiger partial charge < -0.3 is 0 Å². The van der Waals surface area contributed by atoms with E-state index < -0.39 is 0 Å². The molecule has 4 heterocycles. The molecule has 0 fully saturated rings. The molecule has 6 nitrogen and oxygen atoms in total. The van der Waals surface area contributed by atoms with Gasteiger partial charge in [-0.05, 0) is 28.1 Å². The maximum absolute atomic E-state index is 4.53. The van der Waals surface area contributed by atoms with E-state index in [2.05, 4.69) is 41.2 Å². The number of nitrogens with zero attached hydrogens (tertiary/aromatic N) is 6. The molecule has 0 radical (unpaired) electrons. The Kier molecular flexibility index (Phi) is 2.83. The van der Waals surface area contributed by atoms with Gasteiger partial charge in [-0.3, -0.25) is 4.98 Å². The van der Waals surface area contributed by atoms with Crippen molar-refractivity contribution in [2.75, 3.05) is 0 Å². The predicted molar refractivity (Wildman–Crippen MR) is 80.7 cm³/mol. The van der Waals surface area contributed by atoms with Gasteiger partial charge in [-0.25, -0.2) is 4.98 Å². The van der Waals surface area contributed by atoms with Crippen molar-refractivity contribution >= 4 is 43.6 Å². The van der Waals surface area contributed by atoms with E-state index >= 15 is 0 Å². The van der Waals surface area contributed by atoms with Crippen molar-refractivity contribution in [2.45, 2.75) is 0 Å². The molecule has 0 unspecified atom stereocenters. The molecule has 0 N–H and O–H groups in total. The van der Waals surface area contributed by atoms with Crippen molar-refractivity contribution in [1.82, 2.24) is 29.8 Å². The first-order valence-corrected chi connectivity index (χ1v) is 8.05. The number of fused-ring (bicyclic) bond motifs is 1. The summed E-state index contributed by atoms with van der Waals surface area (Å²) in [5.74, 6) is 0.636. The summed E-state index contributed by atoms with van der Waals surface area (Å²) >= 11 is 6.33. The molecule has 0 bridgehead atoms. The fourth-order valence-electron chi connectivity index (χ4n) is 1.73. The van der Waals surface area contributed by atoms with E-state index in [-0.39, 0.29) is 0 Å². The van der Waals surface area contributed by atoms with Crippen LogP contribution < -0.4 is 0 Å². The van der Waals surface area contributed by atoms with E-state index in [1.165, 1.54) is 22.7 Å². The number of halogens is 1. The van der Waals surface area contributed by atoms with Crippen LogP contribution in [0.5, 0.6) is 0 Å². The molecule has 0 spiro atoms. The lowest BCUT2D eigenvalue weighted by Crippen LogP contribution is -1.92. The molecule has 0 aliphatic heterocycles. The van der Waals surface area contributed by atoms with Gasteiger partial charge in [-0.15, -0.1) is 21.5 Å². The van der Waals surface area contributed by atoms with Crippen molar-refractivity contribution in [3.63, 3.8) is 0 Å². The highest BCUT2D eigenvalue weighted by atomic mass is 79.9. The van der Waals surface area contributed by atoms with Crippen molar-refractivity contribution in [3.8, 4) is 22.2 Å². The van der Waals surface area contributed by atoms with E-state index in [0.717, 1.165) is 25.3 Å². The first kappa shape index (κ1) is 12.1. The van der Waals surface area contributed by atoms with Crippen molar-refractivity contribution in [2.24, 2.45) is 0 Å². The highest BCUT2D eigenvalue weighted by molar-refractivity contribution is 9.11. The van der Waals surface area contributed by atoms with Gasteiger partial charge in [0.2, 0.25) is 10.8 Å². The summed E-state index contributed by atoms with van der Waals surface area (Å²) in [5, 5.41) is 15.6. The Morgan fingerprint density at radius 3 is 2.85 bits per heavy atom. The minimum atomic E-state index is 0.636. The quantitative estimate of drug-likeness (QED) is 0.546.